The molecule has 0 aromatic heterocycles. The van der Waals surface area contributed by atoms with Crippen molar-refractivity contribution in [2.75, 3.05) is 44.2 Å². The second-order valence-corrected chi connectivity index (χ2v) is 10.3. The molecule has 0 aliphatic carbocycles. The first-order valence-corrected chi connectivity index (χ1v) is 12.9. The summed E-state index contributed by atoms with van der Waals surface area (Å²) in [5, 5.41) is 2.19. The Bertz CT molecular complexity index is 924. The van der Waals surface area contributed by atoms with E-state index in [2.05, 4.69) is 24.1 Å². The minimum absolute atomic E-state index is 0.0128. The quantitative estimate of drug-likeness (QED) is 0.636. The van der Waals surface area contributed by atoms with Gasteiger partial charge in [-0.15, -0.1) is 0 Å². The molecule has 192 valence electrons. The third kappa shape index (κ3) is 6.58. The molecule has 0 radical (unpaired) electrons. The molecule has 0 spiro atoms. The van der Waals surface area contributed by atoms with Crippen LogP contribution in [-0.4, -0.2) is 79.1 Å². The van der Waals surface area contributed by atoms with Crippen molar-refractivity contribution in [1.29, 1.82) is 0 Å². The summed E-state index contributed by atoms with van der Waals surface area (Å²) >= 11 is 0. The van der Waals surface area contributed by atoms with Crippen molar-refractivity contribution in [2.45, 2.75) is 64.6 Å². The Balaban J connectivity index is 1.27. The lowest BCUT2D eigenvalue weighted by Gasteiger charge is -2.37. The number of amides is 4. The van der Waals surface area contributed by atoms with Crippen LogP contribution in [0.3, 0.4) is 0 Å². The van der Waals surface area contributed by atoms with Gasteiger partial charge in [-0.05, 0) is 62.8 Å². The number of piperidine rings is 2. The molecule has 0 unspecified atom stereocenters. The lowest BCUT2D eigenvalue weighted by Crippen LogP contribution is -2.50. The van der Waals surface area contributed by atoms with Crippen molar-refractivity contribution < 1.29 is 23.5 Å². The smallest absolute Gasteiger partial charge is 0.328 e. The fourth-order valence-corrected chi connectivity index (χ4v) is 5.01. The van der Waals surface area contributed by atoms with Gasteiger partial charge in [-0.2, -0.15) is 0 Å². The molecule has 3 heterocycles. The van der Waals surface area contributed by atoms with Crippen molar-refractivity contribution in [3.63, 3.8) is 0 Å². The van der Waals surface area contributed by atoms with E-state index in [1.807, 2.05) is 0 Å². The summed E-state index contributed by atoms with van der Waals surface area (Å²) in [6.45, 7) is 9.12. The van der Waals surface area contributed by atoms with Gasteiger partial charge < -0.3 is 14.5 Å². The Hall–Kier alpha value is -2.52. The minimum atomic E-state index is -0.673. The van der Waals surface area contributed by atoms with Crippen LogP contribution in [0.4, 0.5) is 14.9 Å². The summed E-state index contributed by atoms with van der Waals surface area (Å²) < 4.78 is 20.8. The average Bonchev–Trinajstić information content (AvgIpc) is 2.84. The maximum absolute atomic E-state index is 14.5. The SMILES string of the molecule is CC(C)CCN1CCC(OC2CCN(C(=O)c3ccc(F)c(N4CCC(=O)NC4=O)c3)CC2)CC1. The maximum Gasteiger partial charge on any atom is 0.328 e. The van der Waals surface area contributed by atoms with Crippen LogP contribution >= 0.6 is 0 Å². The van der Waals surface area contributed by atoms with Gasteiger partial charge in [-0.1, -0.05) is 13.8 Å². The molecular weight excluding hydrogens is 451 g/mol. The van der Waals surface area contributed by atoms with Crippen molar-refractivity contribution in [1.82, 2.24) is 15.1 Å². The van der Waals surface area contributed by atoms with E-state index in [1.54, 1.807) is 4.90 Å². The van der Waals surface area contributed by atoms with Crippen LogP contribution < -0.4 is 10.2 Å². The topological polar surface area (TPSA) is 82.2 Å². The van der Waals surface area contributed by atoms with Crippen molar-refractivity contribution in [3.8, 4) is 0 Å². The number of nitrogens with zero attached hydrogens (tertiary/aromatic N) is 3. The van der Waals surface area contributed by atoms with Crippen molar-refractivity contribution in [3.05, 3.63) is 29.6 Å². The van der Waals surface area contributed by atoms with Crippen LogP contribution in [-0.2, 0) is 9.53 Å². The van der Waals surface area contributed by atoms with Gasteiger partial charge in [-0.3, -0.25) is 19.8 Å². The monoisotopic (exact) mass is 488 g/mol. The number of urea groups is 1. The fourth-order valence-electron chi connectivity index (χ4n) is 5.01. The Morgan fingerprint density at radius 1 is 1.06 bits per heavy atom. The second kappa shape index (κ2) is 11.5. The van der Waals surface area contributed by atoms with Crippen LogP contribution in [0, 0.1) is 11.7 Å². The van der Waals surface area contributed by atoms with E-state index in [-0.39, 0.29) is 36.6 Å². The third-order valence-corrected chi connectivity index (χ3v) is 7.21. The summed E-state index contributed by atoms with van der Waals surface area (Å²) in [4.78, 5) is 42.1. The maximum atomic E-state index is 14.5. The molecule has 1 N–H and O–H groups in total. The Morgan fingerprint density at radius 3 is 2.34 bits per heavy atom. The van der Waals surface area contributed by atoms with Gasteiger partial charge in [0.2, 0.25) is 5.91 Å². The van der Waals surface area contributed by atoms with E-state index in [9.17, 15) is 18.8 Å². The standard InChI is InChI=1S/C26H37FN4O4/c1-18(2)5-11-29-12-6-20(7-13-29)35-21-8-14-30(15-9-21)25(33)19-3-4-22(27)23(17-19)31-16-10-24(32)28-26(31)34/h3-4,17-18,20-21H,5-16H2,1-2H3,(H,28,32,34). The molecule has 9 heteroatoms. The predicted molar refractivity (Wildman–Crippen MR) is 131 cm³/mol. The van der Waals surface area contributed by atoms with Crippen LogP contribution in [0.5, 0.6) is 0 Å². The minimum Gasteiger partial charge on any atom is -0.375 e. The number of carbonyl (C=O) groups is 3. The third-order valence-electron chi connectivity index (χ3n) is 7.21. The highest BCUT2D eigenvalue weighted by Gasteiger charge is 2.30. The number of ether oxygens (including phenoxy) is 1. The van der Waals surface area contributed by atoms with Gasteiger partial charge in [-0.25, -0.2) is 9.18 Å². The first-order valence-electron chi connectivity index (χ1n) is 12.9. The molecule has 0 atom stereocenters. The molecule has 3 saturated heterocycles. The zero-order valence-electron chi connectivity index (χ0n) is 20.8. The number of hydrogen-bond donors (Lipinski definition) is 1. The Kier molecular flexibility index (Phi) is 8.38. The Labute approximate surface area is 206 Å². The van der Waals surface area contributed by atoms with E-state index >= 15 is 0 Å². The Morgan fingerprint density at radius 2 is 1.71 bits per heavy atom. The molecule has 35 heavy (non-hydrogen) atoms. The van der Waals surface area contributed by atoms with Gasteiger partial charge in [0.15, 0.2) is 0 Å². The van der Waals surface area contributed by atoms with Crippen LogP contribution in [0.1, 0.15) is 62.7 Å². The highest BCUT2D eigenvalue weighted by molar-refractivity contribution is 6.06. The van der Waals surface area contributed by atoms with Crippen LogP contribution in [0.2, 0.25) is 0 Å². The first kappa shape index (κ1) is 25.6. The summed E-state index contributed by atoms with van der Waals surface area (Å²) in [7, 11) is 0. The van der Waals surface area contributed by atoms with Gasteiger partial charge in [0.25, 0.3) is 5.91 Å². The molecule has 0 saturated carbocycles. The van der Waals surface area contributed by atoms with Crippen LogP contribution in [0.25, 0.3) is 0 Å². The van der Waals surface area contributed by atoms with E-state index in [0.29, 0.717) is 24.8 Å². The largest absolute Gasteiger partial charge is 0.375 e. The molecule has 1 aromatic rings. The van der Waals surface area contributed by atoms with Crippen LogP contribution in [0.15, 0.2) is 18.2 Å². The number of rotatable bonds is 7. The number of likely N-dealkylation sites (tertiary alicyclic amines) is 2. The highest BCUT2D eigenvalue weighted by Crippen LogP contribution is 2.26. The first-order chi connectivity index (χ1) is 16.8. The number of benzene rings is 1. The normalized spacial score (nSPS) is 21.0. The lowest BCUT2D eigenvalue weighted by atomic mass is 10.0. The molecular formula is C26H37FN4O4. The molecule has 0 bridgehead atoms. The lowest BCUT2D eigenvalue weighted by molar-refractivity contribution is -0.120. The fraction of sp³-hybridized carbons (Fsp3) is 0.654. The summed E-state index contributed by atoms with van der Waals surface area (Å²) in [5.74, 6) is -0.445. The second-order valence-electron chi connectivity index (χ2n) is 10.3. The molecule has 1 aromatic carbocycles. The van der Waals surface area contributed by atoms with Gasteiger partial charge in [0.05, 0.1) is 17.9 Å². The number of carbonyl (C=O) groups excluding carboxylic acids is 3. The predicted octanol–water partition coefficient (Wildman–Crippen LogP) is 3.40. The zero-order valence-corrected chi connectivity index (χ0v) is 20.8. The van der Waals surface area contributed by atoms with Crippen molar-refractivity contribution >= 4 is 23.5 Å². The number of anilines is 1. The molecule has 3 aliphatic rings. The van der Waals surface area contributed by atoms with Gasteiger partial charge in [0.1, 0.15) is 5.82 Å². The number of nitrogens with one attached hydrogen (secondary N) is 1. The summed E-state index contributed by atoms with van der Waals surface area (Å²) in [6, 6.07) is 3.39. The van der Waals surface area contributed by atoms with Gasteiger partial charge >= 0.3 is 6.03 Å². The number of hydrogen-bond acceptors (Lipinski definition) is 5. The molecule has 3 aliphatic heterocycles. The van der Waals surface area contributed by atoms with E-state index < -0.39 is 11.8 Å². The molecule has 4 rings (SSSR count). The van der Waals surface area contributed by atoms with E-state index in [1.165, 1.54) is 29.5 Å². The molecule has 3 fully saturated rings. The molecule has 4 amide bonds. The average molecular weight is 489 g/mol. The summed E-state index contributed by atoms with van der Waals surface area (Å²) in [5.41, 5.74) is 0.345. The van der Waals surface area contributed by atoms with E-state index in [4.69, 9.17) is 4.74 Å². The summed E-state index contributed by atoms with van der Waals surface area (Å²) in [6.07, 6.45) is 5.46. The molecule has 8 nitrogen and oxygen atoms in total. The number of imide groups is 1. The van der Waals surface area contributed by atoms with E-state index in [0.717, 1.165) is 51.2 Å². The van der Waals surface area contributed by atoms with Gasteiger partial charge in [0, 0.05) is 44.7 Å². The number of halogens is 1. The highest BCUT2D eigenvalue weighted by atomic mass is 19.1. The van der Waals surface area contributed by atoms with Crippen molar-refractivity contribution in [2.24, 2.45) is 5.92 Å². The zero-order chi connectivity index (χ0) is 24.9.